The van der Waals surface area contributed by atoms with Crippen LogP contribution in [0.25, 0.3) is 0 Å². The van der Waals surface area contributed by atoms with Gasteiger partial charge in [-0.25, -0.2) is 0 Å². The topological polar surface area (TPSA) is 40.5 Å². The molecule has 17 heavy (non-hydrogen) atoms. The Morgan fingerprint density at radius 2 is 2.12 bits per heavy atom. The highest BCUT2D eigenvalue weighted by Gasteiger charge is 2.17. The summed E-state index contributed by atoms with van der Waals surface area (Å²) in [7, 11) is 0. The van der Waals surface area contributed by atoms with Crippen molar-refractivity contribution in [1.29, 1.82) is 0 Å². The number of hydrogen-bond acceptors (Lipinski definition) is 2. The van der Waals surface area contributed by atoms with Crippen LogP contribution in [0.2, 0.25) is 5.02 Å². The van der Waals surface area contributed by atoms with E-state index >= 15 is 0 Å². The lowest BCUT2D eigenvalue weighted by Crippen LogP contribution is -2.34. The van der Waals surface area contributed by atoms with E-state index in [2.05, 4.69) is 0 Å². The number of aliphatic hydroxyl groups is 1. The van der Waals surface area contributed by atoms with E-state index in [1.165, 1.54) is 0 Å². The Labute approximate surface area is 107 Å². The van der Waals surface area contributed by atoms with Crippen molar-refractivity contribution in [2.24, 2.45) is 0 Å². The van der Waals surface area contributed by atoms with Crippen molar-refractivity contribution in [2.45, 2.75) is 20.3 Å². The molecule has 0 atom stereocenters. The zero-order valence-corrected chi connectivity index (χ0v) is 11.0. The molecule has 0 radical (unpaired) electrons. The summed E-state index contributed by atoms with van der Waals surface area (Å²) in [5.74, 6) is -0.0686. The number of nitrogens with zero attached hydrogens (tertiary/aromatic N) is 1. The number of aliphatic hydroxyl groups excluding tert-OH is 1. The number of rotatable bonds is 5. The molecule has 4 heteroatoms. The van der Waals surface area contributed by atoms with E-state index in [0.29, 0.717) is 23.7 Å². The number of halogens is 1. The van der Waals surface area contributed by atoms with Gasteiger partial charge >= 0.3 is 0 Å². The van der Waals surface area contributed by atoms with Crippen LogP contribution < -0.4 is 0 Å². The largest absolute Gasteiger partial charge is 0.395 e. The molecule has 0 aliphatic heterocycles. The van der Waals surface area contributed by atoms with Crippen molar-refractivity contribution < 1.29 is 9.90 Å². The SMILES string of the molecule is CCCN(CCO)C(=O)c1cccc(Cl)c1C. The van der Waals surface area contributed by atoms with Gasteiger partial charge in [-0.2, -0.15) is 0 Å². The van der Waals surface area contributed by atoms with E-state index in [1.807, 2.05) is 13.8 Å². The highest BCUT2D eigenvalue weighted by atomic mass is 35.5. The first-order valence-corrected chi connectivity index (χ1v) is 6.14. The first kappa shape index (κ1) is 14.0. The van der Waals surface area contributed by atoms with Gasteiger partial charge in [0.25, 0.3) is 5.91 Å². The summed E-state index contributed by atoms with van der Waals surface area (Å²) in [6.07, 6.45) is 0.866. The molecule has 1 aromatic carbocycles. The fourth-order valence-electron chi connectivity index (χ4n) is 1.72. The first-order chi connectivity index (χ1) is 8.11. The Hall–Kier alpha value is -1.06. The van der Waals surface area contributed by atoms with E-state index < -0.39 is 0 Å². The van der Waals surface area contributed by atoms with Gasteiger partial charge in [0.05, 0.1) is 6.61 Å². The highest BCUT2D eigenvalue weighted by molar-refractivity contribution is 6.31. The maximum absolute atomic E-state index is 12.3. The first-order valence-electron chi connectivity index (χ1n) is 5.77. The third kappa shape index (κ3) is 3.45. The number of hydrogen-bond donors (Lipinski definition) is 1. The Balaban J connectivity index is 2.96. The van der Waals surface area contributed by atoms with Crippen molar-refractivity contribution in [3.8, 4) is 0 Å². The Bertz CT molecular complexity index is 387. The third-order valence-electron chi connectivity index (χ3n) is 2.65. The van der Waals surface area contributed by atoms with Crippen LogP contribution in [0.15, 0.2) is 18.2 Å². The molecular weight excluding hydrogens is 238 g/mol. The predicted molar refractivity (Wildman–Crippen MR) is 69.5 cm³/mol. The minimum atomic E-state index is -0.0686. The van der Waals surface area contributed by atoms with Gasteiger partial charge in [-0.15, -0.1) is 0 Å². The molecule has 0 bridgehead atoms. The molecule has 3 nitrogen and oxygen atoms in total. The van der Waals surface area contributed by atoms with Crippen molar-refractivity contribution in [1.82, 2.24) is 4.90 Å². The van der Waals surface area contributed by atoms with Gasteiger partial charge in [-0.05, 0) is 31.0 Å². The summed E-state index contributed by atoms with van der Waals surface area (Å²) >= 11 is 6.00. The smallest absolute Gasteiger partial charge is 0.254 e. The fourth-order valence-corrected chi connectivity index (χ4v) is 1.89. The molecule has 1 N–H and O–H groups in total. The molecule has 94 valence electrons. The van der Waals surface area contributed by atoms with Crippen molar-refractivity contribution in [2.75, 3.05) is 19.7 Å². The third-order valence-corrected chi connectivity index (χ3v) is 3.06. The number of carbonyl (C=O) groups is 1. The molecule has 0 aliphatic rings. The van der Waals surface area contributed by atoms with Crippen LogP contribution in [0, 0.1) is 6.92 Å². The zero-order valence-electron chi connectivity index (χ0n) is 10.2. The molecule has 0 aromatic heterocycles. The second-order valence-electron chi connectivity index (χ2n) is 3.93. The quantitative estimate of drug-likeness (QED) is 0.878. The maximum Gasteiger partial charge on any atom is 0.254 e. The molecule has 0 unspecified atom stereocenters. The summed E-state index contributed by atoms with van der Waals surface area (Å²) in [6, 6.07) is 5.30. The molecule has 1 rings (SSSR count). The molecule has 0 aliphatic carbocycles. The van der Waals surface area contributed by atoms with E-state index in [1.54, 1.807) is 23.1 Å². The van der Waals surface area contributed by atoms with E-state index in [9.17, 15) is 4.79 Å². The van der Waals surface area contributed by atoms with Gasteiger partial charge in [-0.1, -0.05) is 24.6 Å². The predicted octanol–water partition coefficient (Wildman–Crippen LogP) is 2.49. The fraction of sp³-hybridized carbons (Fsp3) is 0.462. The maximum atomic E-state index is 12.3. The van der Waals surface area contributed by atoms with Crippen molar-refractivity contribution in [3.05, 3.63) is 34.3 Å². The van der Waals surface area contributed by atoms with Gasteiger partial charge in [0.2, 0.25) is 0 Å². The molecule has 0 heterocycles. The van der Waals surface area contributed by atoms with Gasteiger partial charge in [0.1, 0.15) is 0 Å². The van der Waals surface area contributed by atoms with Gasteiger partial charge in [0, 0.05) is 23.7 Å². The summed E-state index contributed by atoms with van der Waals surface area (Å²) in [5, 5.41) is 9.56. The second-order valence-corrected chi connectivity index (χ2v) is 4.34. The average molecular weight is 256 g/mol. The lowest BCUT2D eigenvalue weighted by atomic mass is 10.1. The summed E-state index contributed by atoms with van der Waals surface area (Å²) in [4.78, 5) is 13.9. The summed E-state index contributed by atoms with van der Waals surface area (Å²) < 4.78 is 0. The summed E-state index contributed by atoms with van der Waals surface area (Å²) in [5.41, 5.74) is 1.40. The van der Waals surface area contributed by atoms with Crippen LogP contribution in [0.1, 0.15) is 29.3 Å². The Morgan fingerprint density at radius 3 is 2.71 bits per heavy atom. The molecule has 0 spiro atoms. The van der Waals surface area contributed by atoms with Crippen LogP contribution >= 0.6 is 11.6 Å². The number of benzene rings is 1. The Kier molecular flexibility index (Phi) is 5.45. The monoisotopic (exact) mass is 255 g/mol. The minimum Gasteiger partial charge on any atom is -0.395 e. The van der Waals surface area contributed by atoms with Gasteiger partial charge in [0.15, 0.2) is 0 Å². The average Bonchev–Trinajstić information content (AvgIpc) is 2.31. The van der Waals surface area contributed by atoms with Crippen LogP contribution in [0.5, 0.6) is 0 Å². The van der Waals surface area contributed by atoms with E-state index in [0.717, 1.165) is 12.0 Å². The second kappa shape index (κ2) is 6.62. The lowest BCUT2D eigenvalue weighted by molar-refractivity contribution is 0.0721. The van der Waals surface area contributed by atoms with Crippen molar-refractivity contribution >= 4 is 17.5 Å². The number of amides is 1. The molecule has 0 fully saturated rings. The van der Waals surface area contributed by atoms with Crippen LogP contribution in [-0.4, -0.2) is 35.6 Å². The highest BCUT2D eigenvalue weighted by Crippen LogP contribution is 2.20. The van der Waals surface area contributed by atoms with Crippen LogP contribution in [0.3, 0.4) is 0 Å². The van der Waals surface area contributed by atoms with E-state index in [4.69, 9.17) is 16.7 Å². The zero-order chi connectivity index (χ0) is 12.8. The molecule has 1 aromatic rings. The molecule has 0 saturated heterocycles. The number of carbonyl (C=O) groups excluding carboxylic acids is 1. The van der Waals surface area contributed by atoms with Gasteiger partial charge in [-0.3, -0.25) is 4.79 Å². The van der Waals surface area contributed by atoms with Crippen molar-refractivity contribution in [3.63, 3.8) is 0 Å². The molecule has 0 saturated carbocycles. The standard InChI is InChI=1S/C13H18ClNO2/c1-3-7-15(8-9-16)13(17)11-5-4-6-12(14)10(11)2/h4-6,16H,3,7-9H2,1-2H3. The molecular formula is C13H18ClNO2. The lowest BCUT2D eigenvalue weighted by Gasteiger charge is -2.22. The molecule has 1 amide bonds. The van der Waals surface area contributed by atoms with Gasteiger partial charge < -0.3 is 10.0 Å². The van der Waals surface area contributed by atoms with Crippen LogP contribution in [0.4, 0.5) is 0 Å². The normalized spacial score (nSPS) is 10.4. The summed E-state index contributed by atoms with van der Waals surface area (Å²) in [6.45, 7) is 4.82. The van der Waals surface area contributed by atoms with Crippen LogP contribution in [-0.2, 0) is 0 Å². The minimum absolute atomic E-state index is 0.0225. The van der Waals surface area contributed by atoms with E-state index in [-0.39, 0.29) is 12.5 Å². The Morgan fingerprint density at radius 1 is 1.41 bits per heavy atom.